The van der Waals surface area contributed by atoms with Gasteiger partial charge in [0.2, 0.25) is 5.95 Å². The number of aromatic carboxylic acids is 1. The van der Waals surface area contributed by atoms with Crippen molar-refractivity contribution >= 4 is 35.1 Å². The molecule has 4 aromatic rings. The second-order valence-corrected chi connectivity index (χ2v) is 8.20. The number of carboxylic acid groups (broad SMARTS) is 1. The number of benzene rings is 2. The molecule has 0 aliphatic carbocycles. The Hall–Kier alpha value is -4.17. The molecule has 0 bridgehead atoms. The van der Waals surface area contributed by atoms with Crippen molar-refractivity contribution < 1.29 is 14.6 Å². The molecule has 0 saturated heterocycles. The van der Waals surface area contributed by atoms with E-state index < -0.39 is 5.97 Å². The predicted octanol–water partition coefficient (Wildman–Crippen LogP) is 4.08. The van der Waals surface area contributed by atoms with E-state index in [1.165, 1.54) is 4.57 Å². The highest BCUT2D eigenvalue weighted by atomic mass is 16.5. The fourth-order valence-corrected chi connectivity index (χ4v) is 3.61. The zero-order valence-electron chi connectivity index (χ0n) is 19.0. The Morgan fingerprint density at radius 1 is 1.12 bits per heavy atom. The molecule has 0 amide bonds. The third-order valence-corrected chi connectivity index (χ3v) is 5.38. The lowest BCUT2D eigenvalue weighted by molar-refractivity contribution is 0.0279. The van der Waals surface area contributed by atoms with Gasteiger partial charge in [-0.2, -0.15) is 4.98 Å². The van der Waals surface area contributed by atoms with Crippen LogP contribution in [0.4, 0.5) is 5.95 Å². The molecule has 8 nitrogen and oxygen atoms in total. The molecule has 3 N–H and O–H groups in total. The van der Waals surface area contributed by atoms with Crippen LogP contribution in [0.2, 0.25) is 0 Å². The van der Waals surface area contributed by atoms with Gasteiger partial charge in [-0.1, -0.05) is 54.6 Å². The first-order valence-electron chi connectivity index (χ1n) is 10.9. The van der Waals surface area contributed by atoms with Gasteiger partial charge in [-0.3, -0.25) is 9.36 Å². The minimum atomic E-state index is -0.979. The van der Waals surface area contributed by atoms with Gasteiger partial charge in [0.15, 0.2) is 0 Å². The maximum atomic E-state index is 13.4. The predicted molar refractivity (Wildman–Crippen MR) is 132 cm³/mol. The summed E-state index contributed by atoms with van der Waals surface area (Å²) in [7, 11) is 0. The summed E-state index contributed by atoms with van der Waals surface area (Å²) in [5.41, 5.74) is 9.12. The molecule has 0 atom stereocenters. The van der Waals surface area contributed by atoms with Crippen LogP contribution < -0.4 is 11.3 Å². The monoisotopic (exact) mass is 458 g/mol. The highest BCUT2D eigenvalue weighted by molar-refractivity contribution is 5.91. The second-order valence-electron chi connectivity index (χ2n) is 8.20. The molecular weight excluding hydrogens is 432 g/mol. The molecule has 0 fully saturated rings. The number of fused-ring (bicyclic) bond motifs is 1. The highest BCUT2D eigenvalue weighted by Gasteiger charge is 2.17. The molecule has 4 rings (SSSR count). The zero-order valence-corrected chi connectivity index (χ0v) is 19.0. The van der Waals surface area contributed by atoms with Crippen molar-refractivity contribution in [3.63, 3.8) is 0 Å². The molecule has 0 aliphatic heterocycles. The van der Waals surface area contributed by atoms with Gasteiger partial charge in [-0.25, -0.2) is 4.79 Å². The van der Waals surface area contributed by atoms with Gasteiger partial charge in [0.05, 0.1) is 17.1 Å². The van der Waals surface area contributed by atoms with Gasteiger partial charge >= 0.3 is 5.97 Å². The van der Waals surface area contributed by atoms with Gasteiger partial charge < -0.3 is 20.1 Å². The third-order valence-electron chi connectivity index (χ3n) is 5.38. The lowest BCUT2D eigenvalue weighted by Crippen LogP contribution is -2.27. The fraction of sp³-hybridized carbons (Fsp3) is 0.192. The lowest BCUT2D eigenvalue weighted by Gasteiger charge is -2.12. The summed E-state index contributed by atoms with van der Waals surface area (Å²) in [6.45, 7) is 4.30. The number of ether oxygens (including phenoxy) is 1. The lowest BCUT2D eigenvalue weighted by atomic mass is 10.1. The number of nitrogens with two attached hydrogens (primary N) is 1. The SMILES string of the molecule is CC(C)OCn1c(N)nc2c(c(C=Cc3ccc(C(=O)O)cc3)cn2Cc2ccccc2)c1=O. The summed E-state index contributed by atoms with van der Waals surface area (Å²) in [6, 6.07) is 16.4. The third kappa shape index (κ3) is 4.92. The number of carboxylic acids is 1. The molecule has 0 unspecified atom stereocenters. The van der Waals surface area contributed by atoms with Gasteiger partial charge in [-0.05, 0) is 37.1 Å². The molecular formula is C26H26N4O4. The molecule has 2 aromatic heterocycles. The Bertz CT molecular complexity index is 1400. The van der Waals surface area contributed by atoms with Gasteiger partial charge in [-0.15, -0.1) is 0 Å². The number of aromatic nitrogens is 3. The average Bonchev–Trinajstić information content (AvgIpc) is 3.15. The van der Waals surface area contributed by atoms with E-state index in [1.807, 2.05) is 67.1 Å². The molecule has 174 valence electrons. The van der Waals surface area contributed by atoms with Crippen molar-refractivity contribution in [2.75, 3.05) is 5.73 Å². The number of rotatable bonds is 8. The van der Waals surface area contributed by atoms with Crippen LogP contribution in [0, 0.1) is 0 Å². The number of nitrogen functional groups attached to an aromatic ring is 1. The van der Waals surface area contributed by atoms with Gasteiger partial charge in [0.25, 0.3) is 5.56 Å². The zero-order chi connectivity index (χ0) is 24.2. The van der Waals surface area contributed by atoms with Crippen LogP contribution in [-0.2, 0) is 18.0 Å². The molecule has 0 aliphatic rings. The van der Waals surface area contributed by atoms with Crippen LogP contribution in [0.1, 0.15) is 40.9 Å². The van der Waals surface area contributed by atoms with E-state index in [2.05, 4.69) is 4.98 Å². The number of hydrogen-bond donors (Lipinski definition) is 2. The van der Waals surface area contributed by atoms with Crippen molar-refractivity contribution in [3.8, 4) is 0 Å². The van der Waals surface area contributed by atoms with Crippen molar-refractivity contribution in [2.24, 2.45) is 0 Å². The minimum absolute atomic E-state index is 0.00887. The van der Waals surface area contributed by atoms with Crippen LogP contribution in [0.5, 0.6) is 0 Å². The largest absolute Gasteiger partial charge is 0.478 e. The maximum Gasteiger partial charge on any atom is 0.335 e. The van der Waals surface area contributed by atoms with Crippen molar-refractivity contribution in [2.45, 2.75) is 33.2 Å². The summed E-state index contributed by atoms with van der Waals surface area (Å²) in [4.78, 5) is 29.1. The quantitative estimate of drug-likeness (QED) is 0.411. The molecule has 0 spiro atoms. The molecule has 0 radical (unpaired) electrons. The van der Waals surface area contributed by atoms with Crippen LogP contribution in [0.3, 0.4) is 0 Å². The van der Waals surface area contributed by atoms with Crippen LogP contribution >= 0.6 is 0 Å². The Kier molecular flexibility index (Phi) is 6.60. The Morgan fingerprint density at radius 3 is 2.47 bits per heavy atom. The fourth-order valence-electron chi connectivity index (χ4n) is 3.61. The Labute approximate surface area is 196 Å². The standard InChI is InChI=1S/C26H26N4O4/c1-17(2)34-16-30-24(31)22-21(13-10-18-8-11-20(12-9-18)25(32)33)15-29(23(22)28-26(30)27)14-19-6-4-3-5-7-19/h3-13,15,17H,14,16H2,1-2H3,(H2,27,28)(H,32,33). The molecule has 34 heavy (non-hydrogen) atoms. The van der Waals surface area contributed by atoms with Crippen LogP contribution in [0.25, 0.3) is 23.2 Å². The van der Waals surface area contributed by atoms with Gasteiger partial charge in [0.1, 0.15) is 12.4 Å². The normalized spacial score (nSPS) is 11.6. The number of anilines is 1. The Balaban J connectivity index is 1.80. The summed E-state index contributed by atoms with van der Waals surface area (Å²) in [5, 5.41) is 9.54. The van der Waals surface area contributed by atoms with E-state index in [0.29, 0.717) is 23.1 Å². The first kappa shape index (κ1) is 23.0. The molecule has 2 aromatic carbocycles. The van der Waals surface area contributed by atoms with Gasteiger partial charge in [0, 0.05) is 18.3 Å². The summed E-state index contributed by atoms with van der Waals surface area (Å²) in [5.74, 6) is -0.891. The van der Waals surface area contributed by atoms with E-state index in [9.17, 15) is 9.59 Å². The smallest absolute Gasteiger partial charge is 0.335 e. The first-order valence-corrected chi connectivity index (χ1v) is 10.9. The second kappa shape index (κ2) is 9.76. The van der Waals surface area contributed by atoms with Crippen molar-refractivity contribution in [3.05, 3.63) is 93.4 Å². The van der Waals surface area contributed by atoms with Crippen molar-refractivity contribution in [1.82, 2.24) is 14.1 Å². The summed E-state index contributed by atoms with van der Waals surface area (Å²) in [6.07, 6.45) is 5.46. The molecule has 2 heterocycles. The Morgan fingerprint density at radius 2 is 1.82 bits per heavy atom. The maximum absolute atomic E-state index is 13.4. The number of carbonyl (C=O) groups is 1. The molecule has 0 saturated carbocycles. The van der Waals surface area contributed by atoms with E-state index >= 15 is 0 Å². The van der Waals surface area contributed by atoms with Crippen LogP contribution in [0.15, 0.2) is 65.6 Å². The number of nitrogens with zero attached hydrogens (tertiary/aromatic N) is 3. The summed E-state index contributed by atoms with van der Waals surface area (Å²) < 4.78 is 8.84. The van der Waals surface area contributed by atoms with E-state index in [1.54, 1.807) is 24.3 Å². The van der Waals surface area contributed by atoms with Crippen LogP contribution in [-0.4, -0.2) is 31.3 Å². The highest BCUT2D eigenvalue weighted by Crippen LogP contribution is 2.22. The number of hydrogen-bond acceptors (Lipinski definition) is 5. The minimum Gasteiger partial charge on any atom is -0.478 e. The average molecular weight is 459 g/mol. The van der Waals surface area contributed by atoms with E-state index in [4.69, 9.17) is 15.6 Å². The van der Waals surface area contributed by atoms with Crippen molar-refractivity contribution in [1.29, 1.82) is 0 Å². The van der Waals surface area contributed by atoms with E-state index in [-0.39, 0.29) is 29.9 Å². The summed E-state index contributed by atoms with van der Waals surface area (Å²) >= 11 is 0. The topological polar surface area (TPSA) is 112 Å². The first-order chi connectivity index (χ1) is 16.3. The molecule has 8 heteroatoms. The van der Waals surface area contributed by atoms with E-state index in [0.717, 1.165) is 11.1 Å².